The van der Waals surface area contributed by atoms with E-state index in [0.717, 1.165) is 12.1 Å². The quantitative estimate of drug-likeness (QED) is 0.769. The Kier molecular flexibility index (Phi) is 5.90. The van der Waals surface area contributed by atoms with E-state index >= 15 is 0 Å². The van der Waals surface area contributed by atoms with Crippen molar-refractivity contribution in [3.8, 4) is 5.75 Å². The van der Waals surface area contributed by atoms with Crippen molar-refractivity contribution in [1.82, 2.24) is 5.32 Å². The van der Waals surface area contributed by atoms with Crippen molar-refractivity contribution in [2.45, 2.75) is 32.0 Å². The van der Waals surface area contributed by atoms with Gasteiger partial charge in [0.05, 0.1) is 5.56 Å². The summed E-state index contributed by atoms with van der Waals surface area (Å²) < 4.78 is 56.0. The lowest BCUT2D eigenvalue weighted by atomic mass is 10.1. The van der Waals surface area contributed by atoms with Crippen LogP contribution in [0.2, 0.25) is 0 Å². The van der Waals surface area contributed by atoms with Crippen molar-refractivity contribution < 1.29 is 27.1 Å². The standard InChI is InChI=1S/C19H19F4NO2/c1-18(2,26-16-9-7-15(20)8-10-16)17(25)24-12-11-13-3-5-14(6-4-13)19(21,22)23/h3-10H,11-12H2,1-2H3,(H,24,25). The summed E-state index contributed by atoms with van der Waals surface area (Å²) in [5.41, 5.74) is -1.22. The van der Waals surface area contributed by atoms with Gasteiger partial charge >= 0.3 is 6.18 Å². The summed E-state index contributed by atoms with van der Waals surface area (Å²) >= 11 is 0. The maximum Gasteiger partial charge on any atom is 0.416 e. The molecule has 0 saturated carbocycles. The van der Waals surface area contributed by atoms with Gasteiger partial charge in [-0.15, -0.1) is 0 Å². The van der Waals surface area contributed by atoms with E-state index in [4.69, 9.17) is 4.74 Å². The molecule has 3 nitrogen and oxygen atoms in total. The van der Waals surface area contributed by atoms with E-state index in [9.17, 15) is 22.4 Å². The van der Waals surface area contributed by atoms with Gasteiger partial charge in [-0.25, -0.2) is 4.39 Å². The van der Waals surface area contributed by atoms with Crippen LogP contribution in [0.1, 0.15) is 25.0 Å². The van der Waals surface area contributed by atoms with E-state index < -0.39 is 23.2 Å². The predicted molar refractivity (Wildman–Crippen MR) is 89.3 cm³/mol. The second kappa shape index (κ2) is 7.76. The number of carbonyl (C=O) groups excluding carboxylic acids is 1. The number of rotatable bonds is 6. The van der Waals surface area contributed by atoms with Crippen molar-refractivity contribution >= 4 is 5.91 Å². The van der Waals surface area contributed by atoms with Crippen LogP contribution in [-0.2, 0) is 17.4 Å². The molecule has 1 N–H and O–H groups in total. The second-order valence-electron chi connectivity index (χ2n) is 6.27. The first-order valence-corrected chi connectivity index (χ1v) is 7.97. The minimum atomic E-state index is -4.37. The highest BCUT2D eigenvalue weighted by Gasteiger charge is 2.30. The lowest BCUT2D eigenvalue weighted by Crippen LogP contribution is -2.47. The number of halogens is 4. The molecule has 0 aliphatic rings. The van der Waals surface area contributed by atoms with Gasteiger partial charge in [-0.1, -0.05) is 12.1 Å². The number of ether oxygens (including phenoxy) is 1. The van der Waals surface area contributed by atoms with Crippen molar-refractivity contribution in [2.75, 3.05) is 6.54 Å². The first kappa shape index (κ1) is 19.8. The Bertz CT molecular complexity index is 738. The number of carbonyl (C=O) groups is 1. The normalized spacial score (nSPS) is 11.9. The highest BCUT2D eigenvalue weighted by Crippen LogP contribution is 2.29. The fourth-order valence-electron chi connectivity index (χ4n) is 2.24. The Morgan fingerprint density at radius 1 is 1.00 bits per heavy atom. The van der Waals surface area contributed by atoms with Crippen LogP contribution in [0.3, 0.4) is 0 Å². The maximum atomic E-state index is 12.9. The third kappa shape index (κ3) is 5.47. The summed E-state index contributed by atoms with van der Waals surface area (Å²) in [7, 11) is 0. The van der Waals surface area contributed by atoms with Crippen molar-refractivity contribution in [2.24, 2.45) is 0 Å². The molecule has 1 amide bonds. The van der Waals surface area contributed by atoms with Gasteiger partial charge in [0.2, 0.25) is 0 Å². The van der Waals surface area contributed by atoms with Crippen LogP contribution in [-0.4, -0.2) is 18.1 Å². The van der Waals surface area contributed by atoms with E-state index in [2.05, 4.69) is 5.32 Å². The fourth-order valence-corrected chi connectivity index (χ4v) is 2.24. The lowest BCUT2D eigenvalue weighted by Gasteiger charge is -2.25. The summed E-state index contributed by atoms with van der Waals surface area (Å²) in [6.07, 6.45) is -3.98. The smallest absolute Gasteiger partial charge is 0.416 e. The Labute approximate surface area is 149 Å². The Morgan fingerprint density at radius 2 is 1.58 bits per heavy atom. The third-order valence-corrected chi connectivity index (χ3v) is 3.71. The number of benzene rings is 2. The Hall–Kier alpha value is -2.57. The molecule has 0 spiro atoms. The molecule has 0 saturated heterocycles. The topological polar surface area (TPSA) is 38.3 Å². The Morgan fingerprint density at radius 3 is 2.12 bits per heavy atom. The van der Waals surface area contributed by atoms with Crippen molar-refractivity contribution in [3.05, 3.63) is 65.5 Å². The second-order valence-corrected chi connectivity index (χ2v) is 6.27. The number of hydrogen-bond donors (Lipinski definition) is 1. The molecule has 0 aliphatic carbocycles. The molecule has 0 heterocycles. The van der Waals surface area contributed by atoms with Crippen LogP contribution in [0.25, 0.3) is 0 Å². The molecule has 7 heteroatoms. The van der Waals surface area contributed by atoms with Gasteiger partial charge in [0.25, 0.3) is 5.91 Å². The zero-order chi connectivity index (χ0) is 19.4. The number of amides is 1. The van der Waals surface area contributed by atoms with Gasteiger partial charge in [-0.2, -0.15) is 13.2 Å². The van der Waals surface area contributed by atoms with Crippen LogP contribution in [0.4, 0.5) is 17.6 Å². The number of nitrogens with one attached hydrogen (secondary N) is 1. The van der Waals surface area contributed by atoms with Crippen LogP contribution in [0.5, 0.6) is 5.75 Å². The van der Waals surface area contributed by atoms with Crippen LogP contribution < -0.4 is 10.1 Å². The van der Waals surface area contributed by atoms with Crippen LogP contribution in [0.15, 0.2) is 48.5 Å². The molecule has 26 heavy (non-hydrogen) atoms. The molecule has 2 aromatic rings. The molecule has 0 aromatic heterocycles. The molecular weight excluding hydrogens is 350 g/mol. The summed E-state index contributed by atoms with van der Waals surface area (Å²) in [5.74, 6) is -0.431. The SMILES string of the molecule is CC(C)(Oc1ccc(F)cc1)C(=O)NCCc1ccc(C(F)(F)F)cc1. The van der Waals surface area contributed by atoms with E-state index in [1.807, 2.05) is 0 Å². The molecule has 0 atom stereocenters. The summed E-state index contributed by atoms with van der Waals surface area (Å²) in [4.78, 5) is 12.3. The van der Waals surface area contributed by atoms with Gasteiger partial charge in [0.15, 0.2) is 5.60 Å². The highest BCUT2D eigenvalue weighted by molar-refractivity contribution is 5.84. The number of alkyl halides is 3. The lowest BCUT2D eigenvalue weighted by molar-refractivity contribution is -0.137. The van der Waals surface area contributed by atoms with Crippen molar-refractivity contribution in [3.63, 3.8) is 0 Å². The van der Waals surface area contributed by atoms with Gasteiger partial charge in [-0.05, 0) is 62.2 Å². The molecule has 0 bridgehead atoms. The third-order valence-electron chi connectivity index (χ3n) is 3.71. The average molecular weight is 369 g/mol. The first-order valence-electron chi connectivity index (χ1n) is 7.97. The Balaban J connectivity index is 1.86. The highest BCUT2D eigenvalue weighted by atomic mass is 19.4. The number of hydrogen-bond acceptors (Lipinski definition) is 2. The zero-order valence-corrected chi connectivity index (χ0v) is 14.4. The molecule has 2 rings (SSSR count). The first-order chi connectivity index (χ1) is 12.1. The molecule has 2 aromatic carbocycles. The zero-order valence-electron chi connectivity index (χ0n) is 14.4. The van der Waals surface area contributed by atoms with E-state index in [0.29, 0.717) is 17.7 Å². The van der Waals surface area contributed by atoms with Gasteiger partial charge in [0, 0.05) is 6.54 Å². The predicted octanol–water partition coefficient (Wildman–Crippen LogP) is 4.36. The van der Waals surface area contributed by atoms with Gasteiger partial charge in [-0.3, -0.25) is 4.79 Å². The minimum Gasteiger partial charge on any atom is -0.478 e. The molecule has 0 fully saturated rings. The molecule has 0 radical (unpaired) electrons. The molecule has 140 valence electrons. The van der Waals surface area contributed by atoms with E-state index in [1.54, 1.807) is 13.8 Å². The summed E-state index contributed by atoms with van der Waals surface area (Å²) in [5, 5.41) is 2.69. The van der Waals surface area contributed by atoms with E-state index in [-0.39, 0.29) is 12.5 Å². The summed E-state index contributed by atoms with van der Waals surface area (Å²) in [6.45, 7) is 3.40. The van der Waals surface area contributed by atoms with Gasteiger partial charge in [0.1, 0.15) is 11.6 Å². The van der Waals surface area contributed by atoms with Crippen molar-refractivity contribution in [1.29, 1.82) is 0 Å². The minimum absolute atomic E-state index is 0.250. The molecular formula is C19H19F4NO2. The average Bonchev–Trinajstić information content (AvgIpc) is 2.56. The fraction of sp³-hybridized carbons (Fsp3) is 0.316. The molecule has 0 aliphatic heterocycles. The molecule has 0 unspecified atom stereocenters. The van der Waals surface area contributed by atoms with E-state index in [1.165, 1.54) is 36.4 Å². The van der Waals surface area contributed by atoms with Crippen LogP contribution in [0, 0.1) is 5.82 Å². The van der Waals surface area contributed by atoms with Crippen LogP contribution >= 0.6 is 0 Å². The maximum absolute atomic E-state index is 12.9. The monoisotopic (exact) mass is 369 g/mol. The summed E-state index contributed by atoms with van der Waals surface area (Å²) in [6, 6.07) is 10.1. The van der Waals surface area contributed by atoms with Gasteiger partial charge < -0.3 is 10.1 Å². The largest absolute Gasteiger partial charge is 0.478 e.